The lowest BCUT2D eigenvalue weighted by atomic mass is 10.2. The Kier molecular flexibility index (Phi) is 9.07. The monoisotopic (exact) mass is 343 g/mol. The molecule has 0 spiro atoms. The van der Waals surface area contributed by atoms with Gasteiger partial charge in [-0.25, -0.2) is 4.79 Å². The van der Waals surface area contributed by atoms with Crippen molar-refractivity contribution in [3.05, 3.63) is 0 Å². The molecule has 0 aromatic heterocycles. The summed E-state index contributed by atoms with van der Waals surface area (Å²) in [5, 5.41) is 2.78. The molecule has 0 aliphatic carbocycles. The number of amides is 1. The van der Waals surface area contributed by atoms with Gasteiger partial charge in [0.1, 0.15) is 5.60 Å². The number of alkyl carbamates (subject to hydrolysis) is 1. The smallest absolute Gasteiger partial charge is 0.407 e. The van der Waals surface area contributed by atoms with Gasteiger partial charge in [-0.3, -0.25) is 9.69 Å². The summed E-state index contributed by atoms with van der Waals surface area (Å²) in [5.41, 5.74) is -0.444. The second kappa shape index (κ2) is 10.5. The van der Waals surface area contributed by atoms with Crippen LogP contribution < -0.4 is 5.32 Å². The van der Waals surface area contributed by atoms with Gasteiger partial charge in [-0.05, 0) is 40.2 Å². The first-order chi connectivity index (χ1) is 11.3. The predicted molar refractivity (Wildman–Crippen MR) is 93.0 cm³/mol. The zero-order chi connectivity index (χ0) is 18.0. The molecule has 0 unspecified atom stereocenters. The number of rotatable bonds is 8. The summed E-state index contributed by atoms with van der Waals surface area (Å²) in [6.45, 7) is 11.5. The topological polar surface area (TPSA) is 71.1 Å². The molecular weight excluding hydrogens is 310 g/mol. The maximum atomic E-state index is 11.5. The zero-order valence-corrected chi connectivity index (χ0v) is 15.6. The zero-order valence-electron chi connectivity index (χ0n) is 15.6. The van der Waals surface area contributed by atoms with Gasteiger partial charge in [-0.2, -0.15) is 0 Å². The lowest BCUT2D eigenvalue weighted by Gasteiger charge is -2.33. The SMILES string of the molecule is COC(=O)CN1CCN(CCCCCNC(=O)OC(C)(C)C)CC1. The molecule has 1 aliphatic rings. The van der Waals surface area contributed by atoms with E-state index in [1.807, 2.05) is 20.8 Å². The fraction of sp³-hybridized carbons (Fsp3) is 0.882. The summed E-state index contributed by atoms with van der Waals surface area (Å²) in [7, 11) is 1.43. The summed E-state index contributed by atoms with van der Waals surface area (Å²) in [5.74, 6) is -0.166. The highest BCUT2D eigenvalue weighted by Crippen LogP contribution is 2.07. The molecule has 1 rings (SSSR count). The van der Waals surface area contributed by atoms with E-state index in [-0.39, 0.29) is 12.1 Å². The number of esters is 1. The fourth-order valence-electron chi connectivity index (χ4n) is 2.56. The van der Waals surface area contributed by atoms with E-state index in [4.69, 9.17) is 9.47 Å². The van der Waals surface area contributed by atoms with Crippen molar-refractivity contribution in [1.82, 2.24) is 15.1 Å². The lowest BCUT2D eigenvalue weighted by Crippen LogP contribution is -2.48. The van der Waals surface area contributed by atoms with Gasteiger partial charge in [0.25, 0.3) is 0 Å². The van der Waals surface area contributed by atoms with Gasteiger partial charge >= 0.3 is 12.1 Å². The Balaban J connectivity index is 1.99. The van der Waals surface area contributed by atoms with Gasteiger partial charge in [-0.1, -0.05) is 6.42 Å². The summed E-state index contributed by atoms with van der Waals surface area (Å²) in [4.78, 5) is 27.3. The van der Waals surface area contributed by atoms with Crippen molar-refractivity contribution < 1.29 is 19.1 Å². The van der Waals surface area contributed by atoms with E-state index in [0.29, 0.717) is 13.1 Å². The molecule has 7 heteroatoms. The van der Waals surface area contributed by atoms with Crippen LogP contribution in [-0.2, 0) is 14.3 Å². The van der Waals surface area contributed by atoms with Crippen molar-refractivity contribution in [2.24, 2.45) is 0 Å². The Labute approximate surface area is 145 Å². The number of piperazine rings is 1. The quantitative estimate of drug-likeness (QED) is 0.532. The average Bonchev–Trinajstić information content (AvgIpc) is 2.50. The number of hydrogen-bond donors (Lipinski definition) is 1. The number of nitrogens with one attached hydrogen (secondary N) is 1. The third kappa shape index (κ3) is 9.72. The molecule has 1 amide bonds. The summed E-state index contributed by atoms with van der Waals surface area (Å²) >= 11 is 0. The molecule has 0 radical (unpaired) electrons. The first-order valence-electron chi connectivity index (χ1n) is 8.78. The number of unbranched alkanes of at least 4 members (excludes halogenated alkanes) is 2. The van der Waals surface area contributed by atoms with E-state index in [1.165, 1.54) is 7.11 Å². The van der Waals surface area contributed by atoms with Gasteiger partial charge in [0.05, 0.1) is 13.7 Å². The van der Waals surface area contributed by atoms with Crippen LogP contribution >= 0.6 is 0 Å². The van der Waals surface area contributed by atoms with Crippen molar-refractivity contribution in [3.8, 4) is 0 Å². The molecule has 0 aromatic carbocycles. The molecule has 1 fully saturated rings. The van der Waals surface area contributed by atoms with Crippen LogP contribution in [0.25, 0.3) is 0 Å². The average molecular weight is 343 g/mol. The molecule has 140 valence electrons. The second-order valence-corrected chi connectivity index (χ2v) is 7.18. The molecule has 0 saturated carbocycles. The number of methoxy groups -OCH3 is 1. The number of ether oxygens (including phenoxy) is 2. The van der Waals surface area contributed by atoms with Crippen LogP contribution in [0.2, 0.25) is 0 Å². The van der Waals surface area contributed by atoms with Gasteiger partial charge in [-0.15, -0.1) is 0 Å². The largest absolute Gasteiger partial charge is 0.468 e. The molecule has 1 heterocycles. The van der Waals surface area contributed by atoms with E-state index < -0.39 is 5.60 Å². The van der Waals surface area contributed by atoms with E-state index >= 15 is 0 Å². The minimum absolute atomic E-state index is 0.166. The fourth-order valence-corrected chi connectivity index (χ4v) is 2.56. The first-order valence-corrected chi connectivity index (χ1v) is 8.78. The Hall–Kier alpha value is -1.34. The van der Waals surface area contributed by atoms with Gasteiger partial charge in [0.2, 0.25) is 0 Å². The highest BCUT2D eigenvalue weighted by atomic mass is 16.6. The standard InChI is InChI=1S/C17H33N3O4/c1-17(2,3)24-16(22)18-8-6-5-7-9-19-10-12-20(13-11-19)14-15(21)23-4/h5-14H2,1-4H3,(H,18,22). The van der Waals surface area contributed by atoms with Crippen molar-refractivity contribution in [2.75, 3.05) is 52.9 Å². The Morgan fingerprint density at radius 2 is 1.62 bits per heavy atom. The Morgan fingerprint density at radius 1 is 1.00 bits per heavy atom. The molecule has 7 nitrogen and oxygen atoms in total. The first kappa shape index (κ1) is 20.7. The third-order valence-electron chi connectivity index (χ3n) is 3.86. The molecule has 0 atom stereocenters. The number of nitrogens with zero attached hydrogens (tertiary/aromatic N) is 2. The van der Waals surface area contributed by atoms with Crippen LogP contribution in [0.3, 0.4) is 0 Å². The highest BCUT2D eigenvalue weighted by Gasteiger charge is 2.18. The molecular formula is C17H33N3O4. The van der Waals surface area contributed by atoms with Crippen LogP contribution in [-0.4, -0.2) is 80.4 Å². The van der Waals surface area contributed by atoms with Crippen molar-refractivity contribution in [1.29, 1.82) is 0 Å². The van der Waals surface area contributed by atoms with Crippen molar-refractivity contribution in [2.45, 2.75) is 45.6 Å². The second-order valence-electron chi connectivity index (χ2n) is 7.18. The molecule has 24 heavy (non-hydrogen) atoms. The van der Waals surface area contributed by atoms with Gasteiger partial charge in [0, 0.05) is 32.7 Å². The lowest BCUT2D eigenvalue weighted by molar-refractivity contribution is -0.142. The molecule has 1 saturated heterocycles. The van der Waals surface area contributed by atoms with Crippen LogP contribution in [0.1, 0.15) is 40.0 Å². The molecule has 1 aliphatic heterocycles. The Morgan fingerprint density at radius 3 is 2.21 bits per heavy atom. The predicted octanol–water partition coefficient (Wildman–Crippen LogP) is 1.47. The van der Waals surface area contributed by atoms with Crippen molar-refractivity contribution >= 4 is 12.1 Å². The van der Waals surface area contributed by atoms with Crippen molar-refractivity contribution in [3.63, 3.8) is 0 Å². The summed E-state index contributed by atoms with van der Waals surface area (Å²) in [6, 6.07) is 0. The number of carbonyl (C=O) groups excluding carboxylic acids is 2. The normalized spacial score (nSPS) is 16.7. The molecule has 0 aromatic rings. The van der Waals surface area contributed by atoms with Crippen LogP contribution in [0.4, 0.5) is 4.79 Å². The molecule has 0 bridgehead atoms. The van der Waals surface area contributed by atoms with E-state index in [0.717, 1.165) is 52.0 Å². The van der Waals surface area contributed by atoms with Crippen LogP contribution in [0, 0.1) is 0 Å². The van der Waals surface area contributed by atoms with E-state index in [2.05, 4.69) is 15.1 Å². The maximum absolute atomic E-state index is 11.5. The minimum atomic E-state index is -0.444. The van der Waals surface area contributed by atoms with E-state index in [1.54, 1.807) is 0 Å². The molecule has 1 N–H and O–H groups in total. The number of carbonyl (C=O) groups is 2. The number of hydrogen-bond acceptors (Lipinski definition) is 6. The van der Waals surface area contributed by atoms with E-state index in [9.17, 15) is 9.59 Å². The minimum Gasteiger partial charge on any atom is -0.468 e. The Bertz CT molecular complexity index is 388. The summed E-state index contributed by atoms with van der Waals surface area (Å²) in [6.07, 6.45) is 2.82. The third-order valence-corrected chi connectivity index (χ3v) is 3.86. The highest BCUT2D eigenvalue weighted by molar-refractivity contribution is 5.71. The van der Waals surface area contributed by atoms with Gasteiger partial charge < -0.3 is 19.7 Å². The maximum Gasteiger partial charge on any atom is 0.407 e. The van der Waals surface area contributed by atoms with Crippen LogP contribution in [0.5, 0.6) is 0 Å². The summed E-state index contributed by atoms with van der Waals surface area (Å²) < 4.78 is 9.88. The van der Waals surface area contributed by atoms with Crippen LogP contribution in [0.15, 0.2) is 0 Å². The van der Waals surface area contributed by atoms with Gasteiger partial charge in [0.15, 0.2) is 0 Å².